The summed E-state index contributed by atoms with van der Waals surface area (Å²) in [7, 11) is -25.5. The summed E-state index contributed by atoms with van der Waals surface area (Å²) >= 11 is 12.7. The SMILES string of the molecule is Cc1ccc(NS(=O)(=O)c2ccc(N3CCCCS3(=O)=O)cc2)cc1-c1ncc2ccccc2n1.Cc1ccc(NS(=O)(=O)c2ccc(N3CCCCS3(=O)=O)cc2Cl)cc1-c1ccc2cnccc2n1.Cc1ccc(NS(=O)(=O)c2ccc(N3CCCCS3(=O)=O)cc2Cl)cc1-c1nccc2ccccc12.O=C(Nc1cccc(-c2ncc3ccccc3n2)c1)c1ccc(N2CCCCS2(=O)=O)cc1. The third kappa shape index (κ3) is 22.3. The molecule has 718 valence electrons. The van der Waals surface area contributed by atoms with Gasteiger partial charge in [-0.3, -0.25) is 46.1 Å². The second-order valence-corrected chi connectivity index (χ2v) is 47.6. The molecular formula is C101H93Cl2N15O15S7. The van der Waals surface area contributed by atoms with E-state index in [1.54, 1.807) is 97.7 Å². The van der Waals surface area contributed by atoms with Crippen molar-refractivity contribution in [3.63, 3.8) is 0 Å². The molecule has 140 heavy (non-hydrogen) atoms. The molecule has 4 aliphatic rings. The molecule has 20 rings (SSSR count). The average molecular weight is 2050 g/mol. The Hall–Kier alpha value is -13.6. The molecular weight excluding hydrogens is 1960 g/mol. The van der Waals surface area contributed by atoms with Gasteiger partial charge in [-0.25, -0.2) is 83.8 Å². The maximum atomic E-state index is 13.2. The topological polar surface area (TPSA) is 407 Å². The van der Waals surface area contributed by atoms with Crippen LogP contribution in [0.15, 0.2) is 307 Å². The molecule has 4 aliphatic heterocycles. The average Bonchev–Trinajstić information content (AvgIpc) is 0.750. The number of nitrogens with one attached hydrogen (secondary N) is 4. The Morgan fingerprint density at radius 3 is 1.31 bits per heavy atom. The first-order valence-corrected chi connectivity index (χ1v) is 56.3. The van der Waals surface area contributed by atoms with Gasteiger partial charge in [0.25, 0.3) is 36.0 Å². The number of hydrogen-bond acceptors (Lipinski definition) is 22. The van der Waals surface area contributed by atoms with Gasteiger partial charge in [-0.2, -0.15) is 0 Å². The molecule has 0 aliphatic carbocycles. The Bertz CT molecular complexity index is 8370. The zero-order valence-corrected chi connectivity index (χ0v) is 82.9. The summed E-state index contributed by atoms with van der Waals surface area (Å²) in [6.45, 7) is 7.34. The second kappa shape index (κ2) is 41.0. The van der Waals surface area contributed by atoms with Crippen LogP contribution in [0.4, 0.5) is 45.5 Å². The second-order valence-electron chi connectivity index (χ2n) is 33.7. The van der Waals surface area contributed by atoms with E-state index in [2.05, 4.69) is 54.4 Å². The van der Waals surface area contributed by atoms with Crippen LogP contribution in [0, 0.1) is 20.8 Å². The van der Waals surface area contributed by atoms with Crippen LogP contribution in [-0.4, -0.2) is 149 Å². The molecule has 16 aromatic rings. The van der Waals surface area contributed by atoms with Gasteiger partial charge in [-0.05, 0) is 264 Å². The number of benzene rings is 11. The third-order valence-corrected chi connectivity index (χ3v) is 36.6. The Kier molecular flexibility index (Phi) is 28.7. The first kappa shape index (κ1) is 98.0. The van der Waals surface area contributed by atoms with E-state index < -0.39 is 70.2 Å². The Labute approximate surface area is 822 Å². The summed E-state index contributed by atoms with van der Waals surface area (Å²) in [4.78, 5) is 44.0. The van der Waals surface area contributed by atoms with E-state index in [4.69, 9.17) is 23.2 Å². The van der Waals surface area contributed by atoms with Gasteiger partial charge in [0.1, 0.15) is 9.79 Å². The summed E-state index contributed by atoms with van der Waals surface area (Å²) in [5.41, 5.74) is 13.8. The Morgan fingerprint density at radius 1 is 0.350 bits per heavy atom. The van der Waals surface area contributed by atoms with E-state index in [0.29, 0.717) is 120 Å². The summed E-state index contributed by atoms with van der Waals surface area (Å²) in [6, 6.07) is 74.9. The van der Waals surface area contributed by atoms with Gasteiger partial charge >= 0.3 is 0 Å². The lowest BCUT2D eigenvalue weighted by Gasteiger charge is -2.28. The van der Waals surface area contributed by atoms with E-state index in [9.17, 15) is 63.7 Å². The molecule has 9 heterocycles. The number of pyridine rings is 3. The van der Waals surface area contributed by atoms with Crippen molar-refractivity contribution in [2.45, 2.75) is 86.8 Å². The number of hydrogen-bond donors (Lipinski definition) is 4. The molecule has 39 heteroatoms. The van der Waals surface area contributed by atoms with Crippen molar-refractivity contribution in [1.29, 1.82) is 0 Å². The number of halogens is 2. The van der Waals surface area contributed by atoms with Crippen LogP contribution in [0.25, 0.3) is 88.8 Å². The molecule has 1 amide bonds. The first-order valence-electron chi connectivity index (χ1n) is 44.6. The van der Waals surface area contributed by atoms with Crippen molar-refractivity contribution in [2.24, 2.45) is 0 Å². The van der Waals surface area contributed by atoms with E-state index in [1.807, 2.05) is 154 Å². The number of carbonyl (C=O) groups is 1. The fraction of sp³-hybridized carbons (Fsp3) is 0.188. The number of aromatic nitrogens is 7. The molecule has 5 aromatic heterocycles. The summed E-state index contributed by atoms with van der Waals surface area (Å²) < 4.78 is 191. The monoisotopic (exact) mass is 2050 g/mol. The van der Waals surface area contributed by atoms with Crippen LogP contribution in [0.1, 0.15) is 78.4 Å². The van der Waals surface area contributed by atoms with Crippen LogP contribution in [-0.2, 0) is 70.2 Å². The number of rotatable bonds is 19. The van der Waals surface area contributed by atoms with Gasteiger partial charge in [-0.15, -0.1) is 0 Å². The standard InChI is InChI=1S/C26H24ClN3O4S2.C25H23ClN4O4S2.C25H24N4O4S2.C25H22N4O3S/c1-18-8-9-20(16-23(18)26-22-7-3-2-6-19(22)12-13-28-26)29-36(33,34)25-11-10-21(17-24(25)27)30-14-4-5-15-35(30,31)32;1-17-4-6-19(14-21(17)24-8-5-18-16-27-11-10-23(18)28-24)29-36(33,34)25-9-7-20(15-22(25)26)30-12-2-3-13-35(30,31)32;1-18-8-9-20(16-23(18)25-26-17-19-6-2-3-7-24(19)27-25)28-35(32,33)22-12-10-21(11-13-22)29-14-4-5-15-34(29,30)31;30-25(18-10-12-22(13-11-18)29-14-3-4-15-33(29,31)32)27-21-8-5-7-19(16-21)24-26-17-20-6-1-2-9-23(20)28-24/h2-3,6-13,16-17,29H,4-5,14-15H2,1H3;4-11,14-16,29H,2-3,12-13H2,1H3;2-3,6-13,16-17,28H,4-5,14-15H2,1H3;1-2,5-13,16-17H,3-4,14-15H2,(H,27,30). The normalized spacial score (nSPS) is 15.6. The number of aryl methyl sites for hydroxylation is 3. The molecule has 0 saturated carbocycles. The van der Waals surface area contributed by atoms with Crippen LogP contribution in [0.3, 0.4) is 0 Å². The summed E-state index contributed by atoms with van der Waals surface area (Å²) in [5.74, 6) is 1.20. The lowest BCUT2D eigenvalue weighted by atomic mass is 10.00. The molecule has 0 unspecified atom stereocenters. The highest BCUT2D eigenvalue weighted by Gasteiger charge is 2.33. The van der Waals surface area contributed by atoms with Gasteiger partial charge in [0.2, 0.25) is 40.1 Å². The van der Waals surface area contributed by atoms with Crippen LogP contribution in [0.2, 0.25) is 10.0 Å². The summed E-state index contributed by atoms with van der Waals surface area (Å²) in [5, 5.41) is 7.59. The molecule has 0 atom stereocenters. The highest BCUT2D eigenvalue weighted by Crippen LogP contribution is 2.39. The van der Waals surface area contributed by atoms with Gasteiger partial charge in [0.15, 0.2) is 11.6 Å². The number of fused-ring (bicyclic) bond motifs is 4. The quantitative estimate of drug-likeness (QED) is 0.0584. The third-order valence-electron chi connectivity index (χ3n) is 24.0. The highest BCUT2D eigenvalue weighted by atomic mass is 35.5. The van der Waals surface area contributed by atoms with Crippen molar-refractivity contribution in [1.82, 2.24) is 34.9 Å². The van der Waals surface area contributed by atoms with Gasteiger partial charge in [0, 0.05) is 129 Å². The zero-order chi connectivity index (χ0) is 98.5. The molecule has 4 saturated heterocycles. The number of carbonyl (C=O) groups excluding carboxylic acids is 1. The molecule has 11 aromatic carbocycles. The number of anilines is 8. The lowest BCUT2D eigenvalue weighted by Crippen LogP contribution is -2.37. The van der Waals surface area contributed by atoms with Crippen molar-refractivity contribution >= 4 is 188 Å². The van der Waals surface area contributed by atoms with Crippen molar-refractivity contribution < 1.29 is 63.7 Å². The largest absolute Gasteiger partial charge is 0.322 e. The first-order chi connectivity index (χ1) is 67.0. The zero-order valence-electron chi connectivity index (χ0n) is 75.7. The van der Waals surface area contributed by atoms with Crippen molar-refractivity contribution in [2.75, 3.05) is 85.9 Å². The number of sulfonamides is 7. The smallest absolute Gasteiger partial charge is 0.263 e. The van der Waals surface area contributed by atoms with Gasteiger partial charge < -0.3 is 5.32 Å². The highest BCUT2D eigenvalue weighted by molar-refractivity contribution is 7.94. The lowest BCUT2D eigenvalue weighted by molar-refractivity contribution is 0.102. The Morgan fingerprint density at radius 2 is 0.786 bits per heavy atom. The molecule has 0 spiro atoms. The molecule has 4 N–H and O–H groups in total. The van der Waals surface area contributed by atoms with E-state index in [0.717, 1.165) is 114 Å². The maximum absolute atomic E-state index is 13.2. The van der Waals surface area contributed by atoms with Crippen LogP contribution < -0.4 is 36.7 Å². The predicted octanol–water partition coefficient (Wildman–Crippen LogP) is 19.4. The fourth-order valence-electron chi connectivity index (χ4n) is 16.7. The minimum Gasteiger partial charge on any atom is -0.322 e. The number of para-hydroxylation sites is 2. The van der Waals surface area contributed by atoms with E-state index >= 15 is 0 Å². The van der Waals surface area contributed by atoms with Gasteiger partial charge in [0.05, 0.1) is 88.6 Å². The number of amides is 1. The molecule has 30 nitrogen and oxygen atoms in total. The summed E-state index contributed by atoms with van der Waals surface area (Å²) in [6.07, 6.45) is 14.3. The van der Waals surface area contributed by atoms with E-state index in [-0.39, 0.29) is 53.7 Å². The predicted molar refractivity (Wildman–Crippen MR) is 554 cm³/mol. The van der Waals surface area contributed by atoms with E-state index in [1.165, 1.54) is 77.9 Å². The maximum Gasteiger partial charge on any atom is 0.263 e. The minimum atomic E-state index is -4.05. The van der Waals surface area contributed by atoms with Crippen LogP contribution in [0.5, 0.6) is 0 Å². The minimum absolute atomic E-state index is 0.0414. The Balaban J connectivity index is 0.000000129. The molecule has 0 bridgehead atoms. The van der Waals surface area contributed by atoms with Crippen LogP contribution >= 0.6 is 23.2 Å². The molecule has 0 radical (unpaired) electrons. The fourth-order valence-corrected chi connectivity index (χ4v) is 27.4. The van der Waals surface area contributed by atoms with Crippen molar-refractivity contribution in [3.05, 3.63) is 324 Å². The van der Waals surface area contributed by atoms with Crippen molar-refractivity contribution in [3.8, 4) is 45.3 Å². The number of nitrogens with zero attached hydrogens (tertiary/aromatic N) is 11. The van der Waals surface area contributed by atoms with Gasteiger partial charge in [-0.1, -0.05) is 114 Å². The molecule has 4 fully saturated rings.